The zero-order chi connectivity index (χ0) is 13.2. The van der Waals surface area contributed by atoms with E-state index in [4.69, 9.17) is 0 Å². The highest BCUT2D eigenvalue weighted by molar-refractivity contribution is 7.11. The molecule has 98 valence electrons. The Morgan fingerprint density at radius 1 is 1.42 bits per heavy atom. The molecular weight excluding hydrogens is 260 g/mol. The van der Waals surface area contributed by atoms with Crippen molar-refractivity contribution in [2.24, 2.45) is 0 Å². The van der Waals surface area contributed by atoms with Crippen LogP contribution in [0.5, 0.6) is 0 Å². The summed E-state index contributed by atoms with van der Waals surface area (Å²) in [7, 11) is 0. The van der Waals surface area contributed by atoms with Crippen LogP contribution in [0, 0.1) is 6.92 Å². The SMILES string of the molecule is Cc1ncsc1C(=O)NCc1cc(C2CC2)ncn1. The van der Waals surface area contributed by atoms with E-state index in [0.717, 1.165) is 17.1 Å². The lowest BCUT2D eigenvalue weighted by molar-refractivity contribution is 0.0953. The van der Waals surface area contributed by atoms with Crippen molar-refractivity contribution in [3.05, 3.63) is 39.9 Å². The van der Waals surface area contributed by atoms with Crippen LogP contribution in [0.15, 0.2) is 17.9 Å². The topological polar surface area (TPSA) is 67.8 Å². The number of hydrogen-bond acceptors (Lipinski definition) is 5. The smallest absolute Gasteiger partial charge is 0.263 e. The largest absolute Gasteiger partial charge is 0.346 e. The molecular formula is C13H14N4OS. The summed E-state index contributed by atoms with van der Waals surface area (Å²) in [5, 5.41) is 2.87. The predicted octanol–water partition coefficient (Wildman–Crippen LogP) is 2.05. The summed E-state index contributed by atoms with van der Waals surface area (Å²) in [6.45, 7) is 2.26. The van der Waals surface area contributed by atoms with E-state index in [1.807, 2.05) is 13.0 Å². The number of amides is 1. The van der Waals surface area contributed by atoms with E-state index in [9.17, 15) is 4.79 Å². The van der Waals surface area contributed by atoms with E-state index in [-0.39, 0.29) is 5.91 Å². The van der Waals surface area contributed by atoms with Crippen molar-refractivity contribution >= 4 is 17.2 Å². The Balaban J connectivity index is 1.64. The molecule has 0 spiro atoms. The van der Waals surface area contributed by atoms with Crippen LogP contribution in [-0.2, 0) is 6.54 Å². The third-order valence-corrected chi connectivity index (χ3v) is 4.05. The highest BCUT2D eigenvalue weighted by Gasteiger charge is 2.25. The molecule has 0 saturated heterocycles. The van der Waals surface area contributed by atoms with Crippen LogP contribution in [0.25, 0.3) is 0 Å². The minimum absolute atomic E-state index is 0.0911. The molecule has 19 heavy (non-hydrogen) atoms. The molecule has 0 atom stereocenters. The van der Waals surface area contributed by atoms with Crippen molar-refractivity contribution in [3.8, 4) is 0 Å². The van der Waals surface area contributed by atoms with E-state index in [1.165, 1.54) is 24.2 Å². The maximum Gasteiger partial charge on any atom is 0.263 e. The molecule has 1 N–H and O–H groups in total. The van der Waals surface area contributed by atoms with Gasteiger partial charge >= 0.3 is 0 Å². The molecule has 1 saturated carbocycles. The summed E-state index contributed by atoms with van der Waals surface area (Å²) in [5.41, 5.74) is 4.39. The first-order chi connectivity index (χ1) is 9.24. The minimum atomic E-state index is -0.0911. The molecule has 1 fully saturated rings. The lowest BCUT2D eigenvalue weighted by Gasteiger charge is -2.05. The molecule has 1 aliphatic rings. The molecule has 1 amide bonds. The van der Waals surface area contributed by atoms with Crippen LogP contribution in [0.2, 0.25) is 0 Å². The van der Waals surface area contributed by atoms with E-state index in [2.05, 4.69) is 20.3 Å². The van der Waals surface area contributed by atoms with Crippen molar-refractivity contribution in [1.29, 1.82) is 0 Å². The predicted molar refractivity (Wildman–Crippen MR) is 72.0 cm³/mol. The first kappa shape index (κ1) is 12.2. The minimum Gasteiger partial charge on any atom is -0.346 e. The quantitative estimate of drug-likeness (QED) is 0.926. The van der Waals surface area contributed by atoms with Gasteiger partial charge in [-0.3, -0.25) is 4.79 Å². The molecule has 5 nitrogen and oxygen atoms in total. The molecule has 2 heterocycles. The number of carbonyl (C=O) groups excluding carboxylic acids is 1. The van der Waals surface area contributed by atoms with Crippen LogP contribution in [0.1, 0.15) is 45.5 Å². The summed E-state index contributed by atoms with van der Waals surface area (Å²) in [5.74, 6) is 0.507. The first-order valence-corrected chi connectivity index (χ1v) is 7.11. The first-order valence-electron chi connectivity index (χ1n) is 6.23. The molecule has 0 aliphatic heterocycles. The third-order valence-electron chi connectivity index (χ3n) is 3.12. The molecule has 1 aliphatic carbocycles. The van der Waals surface area contributed by atoms with Crippen LogP contribution in [-0.4, -0.2) is 20.9 Å². The maximum atomic E-state index is 11.9. The van der Waals surface area contributed by atoms with E-state index < -0.39 is 0 Å². The summed E-state index contributed by atoms with van der Waals surface area (Å²) >= 11 is 1.35. The van der Waals surface area contributed by atoms with Gasteiger partial charge in [0.25, 0.3) is 5.91 Å². The monoisotopic (exact) mass is 274 g/mol. The zero-order valence-corrected chi connectivity index (χ0v) is 11.4. The lowest BCUT2D eigenvalue weighted by Crippen LogP contribution is -2.23. The molecule has 0 unspecified atom stereocenters. The number of aryl methyl sites for hydroxylation is 1. The van der Waals surface area contributed by atoms with Crippen LogP contribution < -0.4 is 5.32 Å². The van der Waals surface area contributed by atoms with Crippen LogP contribution in [0.4, 0.5) is 0 Å². The van der Waals surface area contributed by atoms with Gasteiger partial charge < -0.3 is 5.32 Å². The number of hydrogen-bond donors (Lipinski definition) is 1. The van der Waals surface area contributed by atoms with Crippen molar-refractivity contribution in [3.63, 3.8) is 0 Å². The molecule has 0 radical (unpaired) electrons. The fraction of sp³-hybridized carbons (Fsp3) is 0.385. The Hall–Kier alpha value is -1.82. The fourth-order valence-electron chi connectivity index (χ4n) is 1.88. The second-order valence-corrected chi connectivity index (χ2v) is 5.51. The summed E-state index contributed by atoms with van der Waals surface area (Å²) in [6, 6.07) is 1.98. The van der Waals surface area contributed by atoms with Crippen LogP contribution in [0.3, 0.4) is 0 Å². The molecule has 2 aromatic heterocycles. The standard InChI is InChI=1S/C13H14N4OS/c1-8-12(19-7-17-8)13(18)14-5-10-4-11(9-2-3-9)16-6-15-10/h4,6-7,9H,2-3,5H2,1H3,(H,14,18). The normalized spacial score (nSPS) is 14.4. The molecule has 0 aromatic carbocycles. The number of carbonyl (C=O) groups is 1. The maximum absolute atomic E-state index is 11.9. The summed E-state index contributed by atoms with van der Waals surface area (Å²) in [6.07, 6.45) is 4.00. The van der Waals surface area contributed by atoms with Gasteiger partial charge in [-0.1, -0.05) is 0 Å². The average Bonchev–Trinajstić information content (AvgIpc) is 3.19. The van der Waals surface area contributed by atoms with Gasteiger partial charge in [-0.15, -0.1) is 11.3 Å². The van der Waals surface area contributed by atoms with Crippen molar-refractivity contribution in [1.82, 2.24) is 20.3 Å². The average molecular weight is 274 g/mol. The number of nitrogens with zero attached hydrogens (tertiary/aromatic N) is 3. The Bertz CT molecular complexity index is 606. The van der Waals surface area contributed by atoms with Crippen molar-refractivity contribution in [2.45, 2.75) is 32.2 Å². The Morgan fingerprint density at radius 3 is 2.95 bits per heavy atom. The third kappa shape index (κ3) is 2.78. The van der Waals surface area contributed by atoms with E-state index >= 15 is 0 Å². The molecule has 3 rings (SSSR count). The molecule has 2 aromatic rings. The van der Waals surface area contributed by atoms with Crippen molar-refractivity contribution < 1.29 is 4.79 Å². The van der Waals surface area contributed by atoms with Gasteiger partial charge in [0.05, 0.1) is 23.4 Å². The van der Waals surface area contributed by atoms with Gasteiger partial charge in [-0.2, -0.15) is 0 Å². The second kappa shape index (κ2) is 5.05. The fourth-order valence-corrected chi connectivity index (χ4v) is 2.60. The number of aromatic nitrogens is 3. The molecule has 6 heteroatoms. The van der Waals surface area contributed by atoms with E-state index in [1.54, 1.807) is 11.8 Å². The van der Waals surface area contributed by atoms with E-state index in [0.29, 0.717) is 17.3 Å². The Labute approximate surface area is 115 Å². The van der Waals surface area contributed by atoms with Gasteiger partial charge in [0.1, 0.15) is 11.2 Å². The van der Waals surface area contributed by atoms with Gasteiger partial charge in [-0.05, 0) is 25.8 Å². The second-order valence-electron chi connectivity index (χ2n) is 4.66. The van der Waals surface area contributed by atoms with Gasteiger partial charge in [0.15, 0.2) is 0 Å². The Kier molecular flexibility index (Phi) is 3.25. The lowest BCUT2D eigenvalue weighted by atomic mass is 10.2. The van der Waals surface area contributed by atoms with Crippen molar-refractivity contribution in [2.75, 3.05) is 0 Å². The summed E-state index contributed by atoms with van der Waals surface area (Å²) < 4.78 is 0. The highest BCUT2D eigenvalue weighted by atomic mass is 32.1. The molecule has 0 bridgehead atoms. The number of thiazole rings is 1. The van der Waals surface area contributed by atoms with Crippen LogP contribution >= 0.6 is 11.3 Å². The number of nitrogens with one attached hydrogen (secondary N) is 1. The Morgan fingerprint density at radius 2 is 2.26 bits per heavy atom. The van der Waals surface area contributed by atoms with Gasteiger partial charge in [0.2, 0.25) is 0 Å². The van der Waals surface area contributed by atoms with Gasteiger partial charge in [0, 0.05) is 11.6 Å². The zero-order valence-electron chi connectivity index (χ0n) is 10.6. The number of rotatable bonds is 4. The van der Waals surface area contributed by atoms with Gasteiger partial charge in [-0.25, -0.2) is 15.0 Å². The highest BCUT2D eigenvalue weighted by Crippen LogP contribution is 2.38. The summed E-state index contributed by atoms with van der Waals surface area (Å²) in [4.78, 5) is 25.1.